The Morgan fingerprint density at radius 2 is 2.07 bits per heavy atom. The van der Waals surface area contributed by atoms with Crippen molar-refractivity contribution in [2.24, 2.45) is 7.05 Å². The molecule has 0 spiro atoms. The van der Waals surface area contributed by atoms with Crippen LogP contribution in [0.15, 0.2) is 47.3 Å². The third-order valence-corrected chi connectivity index (χ3v) is 4.77. The minimum absolute atomic E-state index is 0.256. The predicted octanol–water partition coefficient (Wildman–Crippen LogP) is 3.81. The number of hydrogen-bond acceptors (Lipinski definition) is 6. The molecule has 0 atom stereocenters. The lowest BCUT2D eigenvalue weighted by Crippen LogP contribution is -1.96. The molecule has 0 aliphatic heterocycles. The zero-order valence-corrected chi connectivity index (χ0v) is 15.9. The van der Waals surface area contributed by atoms with Gasteiger partial charge in [0, 0.05) is 7.05 Å². The van der Waals surface area contributed by atoms with Crippen molar-refractivity contribution in [3.05, 3.63) is 59.2 Å². The van der Waals surface area contributed by atoms with Gasteiger partial charge in [0.25, 0.3) is 0 Å². The summed E-state index contributed by atoms with van der Waals surface area (Å²) in [5.41, 5.74) is 2.39. The van der Waals surface area contributed by atoms with E-state index >= 15 is 0 Å². The van der Waals surface area contributed by atoms with Crippen molar-refractivity contribution >= 4 is 28.3 Å². The van der Waals surface area contributed by atoms with E-state index in [9.17, 15) is 0 Å². The fourth-order valence-electron chi connectivity index (χ4n) is 3.06. The molecule has 5 aromatic rings. The largest absolute Gasteiger partial charge is 0.484 e. The SMILES string of the molecule is Cc1cccc(Cl)c1OCc1ccc(-c2nc3c4cnn(C)c4ncn3n2)o1. The zero-order valence-electron chi connectivity index (χ0n) is 15.1. The van der Waals surface area contributed by atoms with E-state index in [1.807, 2.05) is 38.2 Å². The molecule has 9 heteroatoms. The number of furan rings is 1. The van der Waals surface area contributed by atoms with Crippen molar-refractivity contribution in [2.75, 3.05) is 0 Å². The van der Waals surface area contributed by atoms with Crippen LogP contribution in [-0.2, 0) is 13.7 Å². The van der Waals surface area contributed by atoms with Gasteiger partial charge in [-0.3, -0.25) is 4.68 Å². The lowest BCUT2D eigenvalue weighted by molar-refractivity contribution is 0.270. The zero-order chi connectivity index (χ0) is 19.3. The predicted molar refractivity (Wildman–Crippen MR) is 103 cm³/mol. The highest BCUT2D eigenvalue weighted by atomic mass is 35.5. The molecule has 0 saturated heterocycles. The van der Waals surface area contributed by atoms with E-state index in [0.717, 1.165) is 16.6 Å². The molecule has 1 aromatic carbocycles. The van der Waals surface area contributed by atoms with Crippen LogP contribution in [0.5, 0.6) is 5.75 Å². The summed E-state index contributed by atoms with van der Waals surface area (Å²) in [4.78, 5) is 8.95. The second kappa shape index (κ2) is 6.35. The molecule has 0 fully saturated rings. The summed E-state index contributed by atoms with van der Waals surface area (Å²) in [6.45, 7) is 2.20. The number of ether oxygens (including phenoxy) is 1. The van der Waals surface area contributed by atoms with Gasteiger partial charge in [0.1, 0.15) is 24.4 Å². The number of halogens is 1. The van der Waals surface area contributed by atoms with Gasteiger partial charge < -0.3 is 9.15 Å². The van der Waals surface area contributed by atoms with Crippen LogP contribution in [0.3, 0.4) is 0 Å². The number of aryl methyl sites for hydroxylation is 2. The van der Waals surface area contributed by atoms with E-state index in [0.29, 0.717) is 33.8 Å². The first-order valence-electron chi connectivity index (χ1n) is 8.60. The van der Waals surface area contributed by atoms with Gasteiger partial charge in [0.15, 0.2) is 17.1 Å². The van der Waals surface area contributed by atoms with E-state index in [1.165, 1.54) is 0 Å². The number of rotatable bonds is 4. The third kappa shape index (κ3) is 2.69. The molecule has 4 heterocycles. The van der Waals surface area contributed by atoms with Crippen molar-refractivity contribution < 1.29 is 9.15 Å². The first-order chi connectivity index (χ1) is 13.6. The van der Waals surface area contributed by atoms with Crippen molar-refractivity contribution in [3.8, 4) is 17.3 Å². The first kappa shape index (κ1) is 16.8. The minimum Gasteiger partial charge on any atom is -0.484 e. The summed E-state index contributed by atoms with van der Waals surface area (Å²) < 4.78 is 15.0. The van der Waals surface area contributed by atoms with Gasteiger partial charge in [-0.15, -0.1) is 5.10 Å². The second-order valence-corrected chi connectivity index (χ2v) is 6.80. The Morgan fingerprint density at radius 1 is 1.18 bits per heavy atom. The van der Waals surface area contributed by atoms with E-state index in [2.05, 4.69) is 20.2 Å². The lowest BCUT2D eigenvalue weighted by Gasteiger charge is -2.09. The van der Waals surface area contributed by atoms with E-state index < -0.39 is 0 Å². The summed E-state index contributed by atoms with van der Waals surface area (Å²) in [7, 11) is 1.84. The van der Waals surface area contributed by atoms with Crippen LogP contribution in [0.4, 0.5) is 0 Å². The van der Waals surface area contributed by atoms with Crippen LogP contribution in [0.1, 0.15) is 11.3 Å². The quantitative estimate of drug-likeness (QED) is 0.461. The molecular formula is C19H15ClN6O2. The Kier molecular flexibility index (Phi) is 3.80. The summed E-state index contributed by atoms with van der Waals surface area (Å²) >= 11 is 6.20. The average Bonchev–Trinajstić information content (AvgIpc) is 3.39. The fraction of sp³-hybridized carbons (Fsp3) is 0.158. The van der Waals surface area contributed by atoms with E-state index in [1.54, 1.807) is 27.8 Å². The number of hydrogen-bond donors (Lipinski definition) is 0. The van der Waals surface area contributed by atoms with E-state index in [4.69, 9.17) is 20.8 Å². The van der Waals surface area contributed by atoms with Gasteiger partial charge in [-0.05, 0) is 30.7 Å². The molecule has 0 amide bonds. The topological polar surface area (TPSA) is 83.3 Å². The molecule has 4 aromatic heterocycles. The Morgan fingerprint density at radius 3 is 2.93 bits per heavy atom. The highest BCUT2D eigenvalue weighted by Crippen LogP contribution is 2.29. The second-order valence-electron chi connectivity index (χ2n) is 6.39. The Labute approximate surface area is 164 Å². The van der Waals surface area contributed by atoms with Gasteiger partial charge in [0.2, 0.25) is 5.82 Å². The Balaban J connectivity index is 1.43. The number of aromatic nitrogens is 6. The van der Waals surface area contributed by atoms with Gasteiger partial charge in [-0.1, -0.05) is 23.7 Å². The van der Waals surface area contributed by atoms with Crippen LogP contribution < -0.4 is 4.74 Å². The standard InChI is InChI=1S/C19H15ClN6O2/c1-11-4-3-5-14(20)16(11)27-9-12-6-7-15(28-12)17-23-19-13-8-22-25(2)18(13)21-10-26(19)24-17/h3-8,10H,9H2,1-2H3. The molecule has 0 unspecified atom stereocenters. The lowest BCUT2D eigenvalue weighted by atomic mass is 10.2. The molecular weight excluding hydrogens is 380 g/mol. The summed E-state index contributed by atoms with van der Waals surface area (Å²) in [6.07, 6.45) is 3.34. The average molecular weight is 395 g/mol. The first-order valence-corrected chi connectivity index (χ1v) is 8.98. The molecule has 0 aliphatic rings. The number of benzene rings is 1. The number of fused-ring (bicyclic) bond motifs is 3. The van der Waals surface area contributed by atoms with Crippen molar-refractivity contribution in [3.63, 3.8) is 0 Å². The Bertz CT molecular complexity index is 1300. The molecule has 140 valence electrons. The maximum atomic E-state index is 6.20. The summed E-state index contributed by atoms with van der Waals surface area (Å²) in [5.74, 6) is 2.32. The highest BCUT2D eigenvalue weighted by Gasteiger charge is 2.15. The molecule has 0 N–H and O–H groups in total. The van der Waals surface area contributed by atoms with Gasteiger partial charge >= 0.3 is 0 Å². The smallest absolute Gasteiger partial charge is 0.217 e. The third-order valence-electron chi connectivity index (χ3n) is 4.47. The van der Waals surface area contributed by atoms with Gasteiger partial charge in [0.05, 0.1) is 16.6 Å². The highest BCUT2D eigenvalue weighted by molar-refractivity contribution is 6.32. The van der Waals surface area contributed by atoms with Crippen LogP contribution in [-0.4, -0.2) is 29.4 Å². The molecule has 28 heavy (non-hydrogen) atoms. The van der Waals surface area contributed by atoms with Gasteiger partial charge in [-0.25, -0.2) is 14.5 Å². The van der Waals surface area contributed by atoms with Crippen LogP contribution >= 0.6 is 11.6 Å². The maximum Gasteiger partial charge on any atom is 0.217 e. The molecule has 0 aliphatic carbocycles. The number of para-hydroxylation sites is 1. The van der Waals surface area contributed by atoms with Crippen molar-refractivity contribution in [1.82, 2.24) is 29.4 Å². The monoisotopic (exact) mass is 394 g/mol. The van der Waals surface area contributed by atoms with Crippen molar-refractivity contribution in [2.45, 2.75) is 13.5 Å². The minimum atomic E-state index is 0.256. The number of nitrogens with zero attached hydrogens (tertiary/aromatic N) is 6. The molecule has 0 radical (unpaired) electrons. The molecule has 8 nitrogen and oxygen atoms in total. The van der Waals surface area contributed by atoms with E-state index in [-0.39, 0.29) is 6.61 Å². The normalized spacial score (nSPS) is 11.5. The van der Waals surface area contributed by atoms with Crippen molar-refractivity contribution in [1.29, 1.82) is 0 Å². The Hall–Kier alpha value is -3.39. The molecule has 5 rings (SSSR count). The summed E-state index contributed by atoms with van der Waals surface area (Å²) in [6, 6.07) is 9.29. The summed E-state index contributed by atoms with van der Waals surface area (Å²) in [5, 5.41) is 10.1. The van der Waals surface area contributed by atoms with Crippen LogP contribution in [0.2, 0.25) is 5.02 Å². The molecule has 0 bridgehead atoms. The fourth-order valence-corrected chi connectivity index (χ4v) is 3.34. The van der Waals surface area contributed by atoms with Crippen LogP contribution in [0.25, 0.3) is 28.3 Å². The van der Waals surface area contributed by atoms with Crippen LogP contribution in [0, 0.1) is 6.92 Å². The van der Waals surface area contributed by atoms with Gasteiger partial charge in [-0.2, -0.15) is 5.10 Å². The maximum absolute atomic E-state index is 6.20. The molecule has 0 saturated carbocycles.